The minimum absolute atomic E-state index is 0.0321. The van der Waals surface area contributed by atoms with E-state index < -0.39 is 6.85 Å². The van der Waals surface area contributed by atoms with Crippen LogP contribution in [0.15, 0.2) is 46.9 Å². The molecular weight excluding hydrogens is 328 g/mol. The van der Waals surface area contributed by atoms with Crippen molar-refractivity contribution in [2.45, 2.75) is 20.7 Å². The molecule has 0 saturated heterocycles. The van der Waals surface area contributed by atoms with E-state index in [4.69, 9.17) is 13.5 Å². The van der Waals surface area contributed by atoms with Crippen LogP contribution in [0.1, 0.15) is 20.2 Å². The number of rotatable bonds is 1. The molecule has 0 aliphatic heterocycles. The molecule has 0 saturated carbocycles. The van der Waals surface area contributed by atoms with Crippen LogP contribution in [-0.4, -0.2) is 9.97 Å². The van der Waals surface area contributed by atoms with Crippen LogP contribution >= 0.6 is 11.3 Å². The van der Waals surface area contributed by atoms with E-state index in [0.717, 1.165) is 26.9 Å². The highest BCUT2D eigenvalue weighted by molar-refractivity contribution is 7.18. The van der Waals surface area contributed by atoms with Crippen LogP contribution in [0.4, 0.5) is 0 Å². The summed E-state index contributed by atoms with van der Waals surface area (Å²) < 4.78 is 28.7. The first-order valence-corrected chi connectivity index (χ1v) is 8.84. The Hall–Kier alpha value is -2.72. The number of aromatic nitrogens is 2. The number of nitrogens with zero attached hydrogens (tertiary/aromatic N) is 2. The van der Waals surface area contributed by atoms with Gasteiger partial charge < -0.3 is 4.42 Å². The van der Waals surface area contributed by atoms with Crippen molar-refractivity contribution >= 4 is 43.6 Å². The number of aryl methyl sites for hydroxylation is 3. The molecule has 0 spiro atoms. The zero-order valence-corrected chi connectivity index (χ0v) is 14.6. The van der Waals surface area contributed by atoms with Gasteiger partial charge in [0.2, 0.25) is 5.71 Å². The molecular formula is C21H16N2OS. The van der Waals surface area contributed by atoms with Gasteiger partial charge in [0.25, 0.3) is 0 Å². The number of hydrogen-bond donors (Lipinski definition) is 0. The molecule has 4 heterocycles. The summed E-state index contributed by atoms with van der Waals surface area (Å²) in [6, 6.07) is 13.3. The summed E-state index contributed by atoms with van der Waals surface area (Å²) in [6.45, 7) is 1.96. The molecule has 1 aromatic carbocycles. The molecule has 0 amide bonds. The Morgan fingerprint density at radius 2 is 1.84 bits per heavy atom. The lowest BCUT2D eigenvalue weighted by molar-refractivity contribution is 0.653. The summed E-state index contributed by atoms with van der Waals surface area (Å²) in [4.78, 5) is 11.4. The van der Waals surface area contributed by atoms with Gasteiger partial charge in [-0.25, -0.2) is 9.97 Å². The van der Waals surface area contributed by atoms with Gasteiger partial charge in [0.1, 0.15) is 10.4 Å². The van der Waals surface area contributed by atoms with Crippen molar-refractivity contribution in [3.05, 3.63) is 58.6 Å². The van der Waals surface area contributed by atoms with Crippen molar-refractivity contribution in [1.29, 1.82) is 0 Å². The average molecular weight is 347 g/mol. The first-order chi connectivity index (χ1) is 13.3. The van der Waals surface area contributed by atoms with Gasteiger partial charge in [0, 0.05) is 36.4 Å². The van der Waals surface area contributed by atoms with E-state index >= 15 is 0 Å². The van der Waals surface area contributed by atoms with E-state index in [1.165, 1.54) is 15.8 Å². The van der Waals surface area contributed by atoms with Gasteiger partial charge in [0.15, 0.2) is 0 Å². The van der Waals surface area contributed by atoms with Crippen molar-refractivity contribution < 1.29 is 8.53 Å². The van der Waals surface area contributed by atoms with Crippen molar-refractivity contribution in [2.75, 3.05) is 0 Å². The van der Waals surface area contributed by atoms with Gasteiger partial charge in [-0.1, -0.05) is 12.1 Å². The third-order valence-electron chi connectivity index (χ3n) is 4.68. The van der Waals surface area contributed by atoms with Gasteiger partial charge in [-0.3, -0.25) is 0 Å². The molecule has 4 aromatic heterocycles. The molecule has 25 heavy (non-hydrogen) atoms. The molecule has 3 nitrogen and oxygen atoms in total. The smallest absolute Gasteiger partial charge is 0.227 e. The first-order valence-electron chi connectivity index (χ1n) is 9.53. The highest BCUT2D eigenvalue weighted by atomic mass is 32.1. The standard InChI is InChI=1S/C21H16N2OS/c1-11-7-8-16-15-5-4-6-17(19(15)24-20(16)22-11)18-10-9-14-12(2)13(3)25-21(14)23-18/h4-10H,1-3H3/i1D3. The lowest BCUT2D eigenvalue weighted by atomic mass is 10.1. The molecule has 0 radical (unpaired) electrons. The molecule has 0 fully saturated rings. The average Bonchev–Trinajstić information content (AvgIpc) is 3.17. The normalized spacial score (nSPS) is 14.1. The molecule has 5 aromatic rings. The summed E-state index contributed by atoms with van der Waals surface area (Å²) >= 11 is 1.69. The Morgan fingerprint density at radius 3 is 2.72 bits per heavy atom. The Bertz CT molecular complexity index is 1380. The number of hydrogen-bond acceptors (Lipinski definition) is 4. The van der Waals surface area contributed by atoms with Crippen molar-refractivity contribution in [3.8, 4) is 11.3 Å². The van der Waals surface area contributed by atoms with E-state index in [1.807, 2.05) is 24.3 Å². The fourth-order valence-electron chi connectivity index (χ4n) is 3.25. The summed E-state index contributed by atoms with van der Waals surface area (Å²) in [5.41, 5.74) is 4.00. The molecule has 122 valence electrons. The van der Waals surface area contributed by atoms with Gasteiger partial charge in [0.05, 0.1) is 5.69 Å². The highest BCUT2D eigenvalue weighted by Crippen LogP contribution is 2.36. The fourth-order valence-corrected chi connectivity index (χ4v) is 4.27. The van der Waals surface area contributed by atoms with E-state index in [1.54, 1.807) is 23.5 Å². The number of para-hydroxylation sites is 1. The van der Waals surface area contributed by atoms with Crippen molar-refractivity contribution in [3.63, 3.8) is 0 Å². The van der Waals surface area contributed by atoms with Crippen LogP contribution in [-0.2, 0) is 0 Å². The molecule has 0 aliphatic carbocycles. The second-order valence-corrected chi connectivity index (χ2v) is 7.37. The minimum atomic E-state index is -2.27. The predicted molar refractivity (Wildman–Crippen MR) is 104 cm³/mol. The number of thiophene rings is 1. The number of furan rings is 1. The molecule has 4 heteroatoms. The monoisotopic (exact) mass is 347 g/mol. The van der Waals surface area contributed by atoms with Crippen LogP contribution in [0.5, 0.6) is 0 Å². The van der Waals surface area contributed by atoms with Crippen molar-refractivity contribution in [2.24, 2.45) is 0 Å². The van der Waals surface area contributed by atoms with Gasteiger partial charge >= 0.3 is 0 Å². The molecule has 0 N–H and O–H groups in total. The molecule has 0 atom stereocenters. The molecule has 0 unspecified atom stereocenters. The van der Waals surface area contributed by atoms with Gasteiger partial charge in [-0.2, -0.15) is 0 Å². The van der Waals surface area contributed by atoms with Crippen LogP contribution < -0.4 is 0 Å². The summed E-state index contributed by atoms with van der Waals surface area (Å²) in [7, 11) is 0. The lowest BCUT2D eigenvalue weighted by Gasteiger charge is -2.02. The number of pyridine rings is 2. The molecule has 5 rings (SSSR count). The minimum Gasteiger partial charge on any atom is -0.437 e. The summed E-state index contributed by atoms with van der Waals surface area (Å²) in [5.74, 6) is 0. The van der Waals surface area contributed by atoms with E-state index in [2.05, 4.69) is 24.9 Å². The SMILES string of the molecule is [2H]C([2H])([2H])c1ccc2c(n1)oc1c(-c3ccc4c(C)c(C)sc4n3)cccc12. The topological polar surface area (TPSA) is 38.9 Å². The van der Waals surface area contributed by atoms with Crippen molar-refractivity contribution in [1.82, 2.24) is 9.97 Å². The lowest BCUT2D eigenvalue weighted by Crippen LogP contribution is -1.84. The van der Waals surface area contributed by atoms with Crippen LogP contribution in [0.3, 0.4) is 0 Å². The Kier molecular flexibility index (Phi) is 2.42. The zero-order chi connectivity index (χ0) is 19.6. The van der Waals surface area contributed by atoms with Crippen LogP contribution in [0, 0.1) is 20.7 Å². The third kappa shape index (κ3) is 2.11. The molecule has 0 bridgehead atoms. The first kappa shape index (κ1) is 11.8. The van der Waals surface area contributed by atoms with E-state index in [-0.39, 0.29) is 5.69 Å². The fraction of sp³-hybridized carbons (Fsp3) is 0.143. The molecule has 0 aliphatic rings. The van der Waals surface area contributed by atoms with Gasteiger partial charge in [-0.15, -0.1) is 11.3 Å². The maximum Gasteiger partial charge on any atom is 0.227 e. The van der Waals surface area contributed by atoms with Crippen LogP contribution in [0.2, 0.25) is 0 Å². The van der Waals surface area contributed by atoms with Crippen LogP contribution in [0.25, 0.3) is 43.5 Å². The maximum absolute atomic E-state index is 7.58. The quantitative estimate of drug-likeness (QED) is 0.363. The Labute approximate surface area is 153 Å². The predicted octanol–water partition coefficient (Wildman–Crippen LogP) is 6.18. The second-order valence-electron chi connectivity index (χ2n) is 6.17. The summed E-state index contributed by atoms with van der Waals surface area (Å²) in [5, 5.41) is 2.87. The van der Waals surface area contributed by atoms with E-state index in [0.29, 0.717) is 11.3 Å². The number of benzene rings is 1. The zero-order valence-electron chi connectivity index (χ0n) is 16.8. The number of fused-ring (bicyclic) bond motifs is 4. The van der Waals surface area contributed by atoms with E-state index in [9.17, 15) is 0 Å². The maximum atomic E-state index is 7.58. The third-order valence-corrected chi connectivity index (χ3v) is 5.80. The Balaban J connectivity index is 1.75. The second kappa shape index (κ2) is 5.14. The highest BCUT2D eigenvalue weighted by Gasteiger charge is 2.15. The largest absolute Gasteiger partial charge is 0.437 e. The van der Waals surface area contributed by atoms with Gasteiger partial charge in [-0.05, 0) is 56.6 Å². The Morgan fingerprint density at radius 1 is 0.960 bits per heavy atom. The summed E-state index contributed by atoms with van der Waals surface area (Å²) in [6.07, 6.45) is 0.